The summed E-state index contributed by atoms with van der Waals surface area (Å²) >= 11 is 6.02. The number of carbonyl (C=O) groups excluding carboxylic acids is 1. The third-order valence-corrected chi connectivity index (χ3v) is 4.33. The number of halogens is 2. The van der Waals surface area contributed by atoms with E-state index in [0.29, 0.717) is 28.5 Å². The third kappa shape index (κ3) is 4.86. The minimum absolute atomic E-state index is 0.107. The van der Waals surface area contributed by atoms with Crippen molar-refractivity contribution in [1.82, 2.24) is 4.90 Å². The highest BCUT2D eigenvalue weighted by atomic mass is 35.5. The third-order valence-electron chi connectivity index (χ3n) is 3.98. The second kappa shape index (κ2) is 8.72. The van der Waals surface area contributed by atoms with Crippen molar-refractivity contribution in [2.24, 2.45) is 0 Å². The Balaban J connectivity index is 2.02. The van der Waals surface area contributed by atoms with Crippen LogP contribution in [0.1, 0.15) is 17.5 Å². The summed E-state index contributed by atoms with van der Waals surface area (Å²) in [4.78, 5) is 13.9. The van der Waals surface area contributed by atoms with Crippen LogP contribution in [0.25, 0.3) is 0 Å². The van der Waals surface area contributed by atoms with E-state index in [9.17, 15) is 9.18 Å². The average Bonchev–Trinajstić information content (AvgIpc) is 2.62. The van der Waals surface area contributed by atoms with Gasteiger partial charge in [0.25, 0.3) is 0 Å². The number of nitrogens with zero attached hydrogens (tertiary/aromatic N) is 1. The van der Waals surface area contributed by atoms with Gasteiger partial charge in [0.15, 0.2) is 0 Å². The lowest BCUT2D eigenvalue weighted by Gasteiger charge is -2.19. The molecule has 0 saturated carbocycles. The summed E-state index contributed by atoms with van der Waals surface area (Å²) in [5.41, 5.74) is 1.20. The van der Waals surface area contributed by atoms with E-state index < -0.39 is 5.82 Å². The molecule has 0 heterocycles. The van der Waals surface area contributed by atoms with Gasteiger partial charge in [-0.05, 0) is 42.3 Å². The number of hydrogen-bond acceptors (Lipinski definition) is 3. The van der Waals surface area contributed by atoms with Crippen molar-refractivity contribution < 1.29 is 18.7 Å². The molecule has 0 radical (unpaired) electrons. The van der Waals surface area contributed by atoms with Gasteiger partial charge in [0.1, 0.15) is 17.3 Å². The van der Waals surface area contributed by atoms with Crippen LogP contribution in [0.15, 0.2) is 36.4 Å². The molecule has 2 aromatic rings. The van der Waals surface area contributed by atoms with Crippen LogP contribution in [-0.2, 0) is 17.8 Å². The molecule has 0 aliphatic rings. The quantitative estimate of drug-likeness (QED) is 0.741. The van der Waals surface area contributed by atoms with E-state index in [4.69, 9.17) is 21.1 Å². The number of benzene rings is 2. The topological polar surface area (TPSA) is 38.8 Å². The van der Waals surface area contributed by atoms with Gasteiger partial charge in [0.05, 0.1) is 14.2 Å². The Hall–Kier alpha value is -2.27. The van der Waals surface area contributed by atoms with Crippen LogP contribution in [-0.4, -0.2) is 32.1 Å². The van der Waals surface area contributed by atoms with Gasteiger partial charge in [0, 0.05) is 30.6 Å². The number of hydrogen-bond donors (Lipinski definition) is 0. The molecule has 0 bridgehead atoms. The Morgan fingerprint density at radius 3 is 2.60 bits per heavy atom. The molecule has 25 heavy (non-hydrogen) atoms. The maximum atomic E-state index is 13.9. The van der Waals surface area contributed by atoms with Gasteiger partial charge in [-0.1, -0.05) is 17.7 Å². The van der Waals surface area contributed by atoms with Crippen molar-refractivity contribution in [2.75, 3.05) is 21.3 Å². The molecule has 0 aliphatic heterocycles. The molecule has 0 spiro atoms. The highest BCUT2D eigenvalue weighted by molar-refractivity contribution is 6.31. The van der Waals surface area contributed by atoms with E-state index in [1.165, 1.54) is 17.0 Å². The molecule has 0 unspecified atom stereocenters. The van der Waals surface area contributed by atoms with Gasteiger partial charge in [-0.3, -0.25) is 4.79 Å². The van der Waals surface area contributed by atoms with E-state index in [2.05, 4.69) is 0 Å². The second-order valence-corrected chi connectivity index (χ2v) is 6.03. The van der Waals surface area contributed by atoms with Crippen molar-refractivity contribution in [3.8, 4) is 11.5 Å². The predicted molar refractivity (Wildman–Crippen MR) is 95.8 cm³/mol. The lowest BCUT2D eigenvalue weighted by atomic mass is 10.1. The first-order valence-corrected chi connectivity index (χ1v) is 8.21. The molecule has 6 heteroatoms. The molecule has 134 valence electrons. The van der Waals surface area contributed by atoms with Gasteiger partial charge in [0.2, 0.25) is 5.91 Å². The van der Waals surface area contributed by atoms with E-state index in [1.54, 1.807) is 33.4 Å². The number of methoxy groups -OCH3 is 2. The molecule has 0 aliphatic carbocycles. The lowest BCUT2D eigenvalue weighted by Crippen LogP contribution is -2.27. The smallest absolute Gasteiger partial charge is 0.222 e. The van der Waals surface area contributed by atoms with E-state index in [0.717, 1.165) is 5.56 Å². The van der Waals surface area contributed by atoms with Crippen molar-refractivity contribution in [3.63, 3.8) is 0 Å². The SMILES string of the molecule is COc1ccc(OC)c(CCC(=O)N(C)Cc2c(F)cccc2Cl)c1. The van der Waals surface area contributed by atoms with Gasteiger partial charge < -0.3 is 14.4 Å². The highest BCUT2D eigenvalue weighted by Gasteiger charge is 2.15. The molecule has 1 amide bonds. The second-order valence-electron chi connectivity index (χ2n) is 5.63. The van der Waals surface area contributed by atoms with Gasteiger partial charge >= 0.3 is 0 Å². The maximum absolute atomic E-state index is 13.9. The van der Waals surface area contributed by atoms with Crippen LogP contribution in [0.4, 0.5) is 4.39 Å². The van der Waals surface area contributed by atoms with E-state index >= 15 is 0 Å². The summed E-state index contributed by atoms with van der Waals surface area (Å²) in [6.45, 7) is 0.125. The van der Waals surface area contributed by atoms with Crippen molar-refractivity contribution in [3.05, 3.63) is 58.4 Å². The number of amides is 1. The Labute approximate surface area is 152 Å². The number of aryl methyl sites for hydroxylation is 1. The summed E-state index contributed by atoms with van der Waals surface area (Å²) < 4.78 is 24.4. The van der Waals surface area contributed by atoms with Crippen LogP contribution in [0, 0.1) is 5.82 Å². The minimum Gasteiger partial charge on any atom is -0.497 e. The van der Waals surface area contributed by atoms with Crippen molar-refractivity contribution in [2.45, 2.75) is 19.4 Å². The first-order chi connectivity index (χ1) is 12.0. The van der Waals surface area contributed by atoms with Crippen LogP contribution >= 0.6 is 11.6 Å². The fraction of sp³-hybridized carbons (Fsp3) is 0.316. The highest BCUT2D eigenvalue weighted by Crippen LogP contribution is 2.26. The summed E-state index contributed by atoms with van der Waals surface area (Å²) in [5, 5.41) is 0.314. The van der Waals surface area contributed by atoms with E-state index in [-0.39, 0.29) is 18.9 Å². The van der Waals surface area contributed by atoms with Crippen molar-refractivity contribution >= 4 is 17.5 Å². The summed E-state index contributed by atoms with van der Waals surface area (Å²) in [6.07, 6.45) is 0.765. The Morgan fingerprint density at radius 2 is 1.96 bits per heavy atom. The lowest BCUT2D eigenvalue weighted by molar-refractivity contribution is -0.130. The van der Waals surface area contributed by atoms with Gasteiger partial charge in [-0.15, -0.1) is 0 Å². The number of carbonyl (C=O) groups is 1. The van der Waals surface area contributed by atoms with E-state index in [1.807, 2.05) is 12.1 Å². The summed E-state index contributed by atoms with van der Waals surface area (Å²) in [5.74, 6) is 0.883. The fourth-order valence-corrected chi connectivity index (χ4v) is 2.74. The molecular weight excluding hydrogens is 345 g/mol. The first-order valence-electron chi connectivity index (χ1n) is 7.84. The standard InChI is InChI=1S/C19H21ClFNO3/c1-22(12-15-16(20)5-4-6-17(15)21)19(23)10-7-13-11-14(24-2)8-9-18(13)25-3/h4-6,8-9,11H,7,10,12H2,1-3H3. The van der Waals surface area contributed by atoms with Crippen LogP contribution in [0.3, 0.4) is 0 Å². The first kappa shape index (κ1) is 19.1. The fourth-order valence-electron chi connectivity index (χ4n) is 2.52. The van der Waals surface area contributed by atoms with Gasteiger partial charge in [-0.2, -0.15) is 0 Å². The average molecular weight is 366 g/mol. The monoisotopic (exact) mass is 365 g/mol. The Morgan fingerprint density at radius 1 is 1.20 bits per heavy atom. The van der Waals surface area contributed by atoms with Crippen LogP contribution in [0.5, 0.6) is 11.5 Å². The molecular formula is C19H21ClFNO3. The molecule has 2 rings (SSSR count). The molecule has 4 nitrogen and oxygen atoms in total. The van der Waals surface area contributed by atoms with Crippen molar-refractivity contribution in [1.29, 1.82) is 0 Å². The van der Waals surface area contributed by atoms with Crippen LogP contribution < -0.4 is 9.47 Å². The normalized spacial score (nSPS) is 10.4. The minimum atomic E-state index is -0.415. The van der Waals surface area contributed by atoms with Crippen LogP contribution in [0.2, 0.25) is 5.02 Å². The summed E-state index contributed by atoms with van der Waals surface area (Å²) in [7, 11) is 4.80. The number of ether oxygens (including phenoxy) is 2. The zero-order valence-electron chi connectivity index (χ0n) is 14.5. The Bertz CT molecular complexity index is 731. The zero-order valence-corrected chi connectivity index (χ0v) is 15.3. The summed E-state index contributed by atoms with van der Waals surface area (Å²) in [6, 6.07) is 9.94. The predicted octanol–water partition coefficient (Wildman–Crippen LogP) is 4.09. The van der Waals surface area contributed by atoms with Gasteiger partial charge in [-0.25, -0.2) is 4.39 Å². The zero-order chi connectivity index (χ0) is 18.4. The Kier molecular flexibility index (Phi) is 6.65. The molecule has 0 atom stereocenters. The molecule has 0 N–H and O–H groups in total. The molecule has 2 aromatic carbocycles. The molecule has 0 aromatic heterocycles. The largest absolute Gasteiger partial charge is 0.497 e. The molecule has 0 saturated heterocycles. The number of rotatable bonds is 7. The molecule has 0 fully saturated rings. The maximum Gasteiger partial charge on any atom is 0.222 e.